The Balaban J connectivity index is 1.55. The third kappa shape index (κ3) is 4.75. The summed E-state index contributed by atoms with van der Waals surface area (Å²) >= 11 is 4.97. The number of carbonyl (C=O) groups excluding carboxylic acids is 1. The van der Waals surface area contributed by atoms with E-state index < -0.39 is 6.10 Å². The van der Waals surface area contributed by atoms with Gasteiger partial charge in [0.05, 0.1) is 0 Å². The van der Waals surface area contributed by atoms with Crippen molar-refractivity contribution in [2.45, 2.75) is 23.2 Å². The van der Waals surface area contributed by atoms with Crippen molar-refractivity contribution in [2.75, 3.05) is 0 Å². The molecular formula is C30H23BrO2S. The van der Waals surface area contributed by atoms with Crippen molar-refractivity contribution in [1.29, 1.82) is 0 Å². The van der Waals surface area contributed by atoms with Crippen LogP contribution in [0, 0.1) is 0 Å². The van der Waals surface area contributed by atoms with Gasteiger partial charge in [0.15, 0.2) is 6.10 Å². The molecule has 0 amide bonds. The Hall–Kier alpha value is -3.08. The maximum absolute atomic E-state index is 13.4. The highest BCUT2D eigenvalue weighted by molar-refractivity contribution is 9.10. The largest absolute Gasteiger partial charge is 0.452 e. The van der Waals surface area contributed by atoms with Crippen LogP contribution in [0.1, 0.15) is 24.2 Å². The van der Waals surface area contributed by atoms with Crippen molar-refractivity contribution in [1.82, 2.24) is 0 Å². The summed E-state index contributed by atoms with van der Waals surface area (Å²) in [5, 5.41) is 4.07. The molecule has 0 radical (unpaired) electrons. The number of fused-ring (bicyclic) bond motifs is 2. The highest BCUT2D eigenvalue weighted by atomic mass is 79.9. The maximum Gasteiger partial charge on any atom is 0.320 e. The SMILES string of the molecule is C[C@H](Sc1ccc(Br)cc1)C(=O)OC(c1cccc2ccccc12)c1cccc2ccccc12. The minimum absolute atomic E-state index is 0.237. The molecule has 0 bridgehead atoms. The van der Waals surface area contributed by atoms with Gasteiger partial charge in [-0.2, -0.15) is 0 Å². The minimum Gasteiger partial charge on any atom is -0.452 e. The Morgan fingerprint density at radius 3 is 1.76 bits per heavy atom. The predicted octanol–water partition coefficient (Wildman–Crippen LogP) is 8.57. The maximum atomic E-state index is 13.4. The predicted molar refractivity (Wildman–Crippen MR) is 145 cm³/mol. The highest BCUT2D eigenvalue weighted by Gasteiger charge is 2.26. The molecule has 0 aliphatic carbocycles. The summed E-state index contributed by atoms with van der Waals surface area (Å²) < 4.78 is 7.34. The van der Waals surface area contributed by atoms with E-state index in [-0.39, 0.29) is 11.2 Å². The quantitative estimate of drug-likeness (QED) is 0.163. The average molecular weight is 527 g/mol. The number of carbonyl (C=O) groups is 1. The van der Waals surface area contributed by atoms with Crippen molar-refractivity contribution < 1.29 is 9.53 Å². The van der Waals surface area contributed by atoms with Crippen LogP contribution in [0.2, 0.25) is 0 Å². The highest BCUT2D eigenvalue weighted by Crippen LogP contribution is 2.37. The first kappa shape index (κ1) is 22.7. The van der Waals surface area contributed by atoms with Gasteiger partial charge in [0.1, 0.15) is 5.25 Å². The van der Waals surface area contributed by atoms with Crippen LogP contribution >= 0.6 is 27.7 Å². The molecule has 5 aromatic rings. The smallest absolute Gasteiger partial charge is 0.320 e. The van der Waals surface area contributed by atoms with Crippen molar-refractivity contribution in [3.8, 4) is 0 Å². The van der Waals surface area contributed by atoms with Gasteiger partial charge >= 0.3 is 5.97 Å². The Morgan fingerprint density at radius 1 is 0.706 bits per heavy atom. The Labute approximate surface area is 212 Å². The fourth-order valence-electron chi connectivity index (χ4n) is 4.23. The van der Waals surface area contributed by atoms with E-state index in [0.29, 0.717) is 0 Å². The van der Waals surface area contributed by atoms with Gasteiger partial charge < -0.3 is 4.74 Å². The molecule has 2 nitrogen and oxygen atoms in total. The molecule has 0 spiro atoms. The summed E-state index contributed by atoms with van der Waals surface area (Å²) in [6.45, 7) is 1.90. The molecule has 34 heavy (non-hydrogen) atoms. The van der Waals surface area contributed by atoms with Gasteiger partial charge in [0.2, 0.25) is 0 Å². The second-order valence-electron chi connectivity index (χ2n) is 8.17. The normalized spacial score (nSPS) is 12.2. The average Bonchev–Trinajstić information content (AvgIpc) is 2.88. The molecule has 1 atom stereocenters. The van der Waals surface area contributed by atoms with Crippen molar-refractivity contribution >= 4 is 55.2 Å². The van der Waals surface area contributed by atoms with Crippen molar-refractivity contribution in [2.24, 2.45) is 0 Å². The molecular weight excluding hydrogens is 504 g/mol. The van der Waals surface area contributed by atoms with E-state index in [9.17, 15) is 4.79 Å². The van der Waals surface area contributed by atoms with Gasteiger partial charge in [0.25, 0.3) is 0 Å². The zero-order chi connectivity index (χ0) is 23.5. The van der Waals surface area contributed by atoms with Crippen LogP contribution in [0.25, 0.3) is 21.5 Å². The lowest BCUT2D eigenvalue weighted by Crippen LogP contribution is -2.21. The van der Waals surface area contributed by atoms with E-state index in [4.69, 9.17) is 4.74 Å². The molecule has 0 aliphatic rings. The van der Waals surface area contributed by atoms with Crippen LogP contribution < -0.4 is 0 Å². The number of hydrogen-bond donors (Lipinski definition) is 0. The van der Waals surface area contributed by atoms with Gasteiger partial charge in [-0.1, -0.05) is 101 Å². The Morgan fingerprint density at radius 2 is 1.21 bits per heavy atom. The number of thioether (sulfide) groups is 1. The van der Waals surface area contributed by atoms with Crippen LogP contribution in [0.3, 0.4) is 0 Å². The second kappa shape index (κ2) is 10.0. The van der Waals surface area contributed by atoms with Gasteiger partial charge in [0, 0.05) is 20.5 Å². The third-order valence-electron chi connectivity index (χ3n) is 5.90. The molecule has 5 rings (SSSR count). The van der Waals surface area contributed by atoms with Crippen LogP contribution in [-0.4, -0.2) is 11.2 Å². The molecule has 0 saturated carbocycles. The van der Waals surface area contributed by atoms with Gasteiger partial charge in [-0.15, -0.1) is 11.8 Å². The van der Waals surface area contributed by atoms with Gasteiger partial charge in [-0.3, -0.25) is 4.79 Å². The lowest BCUT2D eigenvalue weighted by Gasteiger charge is -2.23. The first-order chi connectivity index (χ1) is 16.6. The lowest BCUT2D eigenvalue weighted by atomic mass is 9.92. The number of hydrogen-bond acceptors (Lipinski definition) is 3. The number of benzene rings is 5. The van der Waals surface area contributed by atoms with Crippen LogP contribution in [0.4, 0.5) is 0 Å². The Kier molecular flexibility index (Phi) is 6.70. The lowest BCUT2D eigenvalue weighted by molar-refractivity contribution is -0.146. The molecule has 0 N–H and O–H groups in total. The first-order valence-electron chi connectivity index (χ1n) is 11.2. The molecule has 0 unspecified atom stereocenters. The van der Waals surface area contributed by atoms with E-state index in [1.807, 2.05) is 67.6 Å². The standard InChI is InChI=1S/C30H23BrO2S/c1-20(34-24-18-16-23(31)17-19-24)30(32)33-29(27-14-6-10-21-8-2-4-12-25(21)27)28-15-7-11-22-9-3-5-13-26(22)28/h2-20,29H,1H3/t20-/m0/s1. The van der Waals surface area contributed by atoms with E-state index in [1.165, 1.54) is 11.8 Å². The fourth-order valence-corrected chi connectivity index (χ4v) is 5.35. The summed E-state index contributed by atoms with van der Waals surface area (Å²) in [6, 6.07) is 36.8. The van der Waals surface area contributed by atoms with Crippen molar-refractivity contribution in [3.63, 3.8) is 0 Å². The molecule has 0 fully saturated rings. The Bertz CT molecular complexity index is 1370. The molecule has 0 aromatic heterocycles. The third-order valence-corrected chi connectivity index (χ3v) is 7.52. The van der Waals surface area contributed by atoms with Crippen LogP contribution in [0.5, 0.6) is 0 Å². The van der Waals surface area contributed by atoms with Crippen molar-refractivity contribution in [3.05, 3.63) is 125 Å². The summed E-state index contributed by atoms with van der Waals surface area (Å²) in [5.41, 5.74) is 1.98. The topological polar surface area (TPSA) is 26.3 Å². The van der Waals surface area contributed by atoms with E-state index in [0.717, 1.165) is 42.0 Å². The molecule has 4 heteroatoms. The first-order valence-corrected chi connectivity index (χ1v) is 12.9. The molecule has 0 saturated heterocycles. The van der Waals surface area contributed by atoms with E-state index in [1.54, 1.807) is 0 Å². The van der Waals surface area contributed by atoms with Crippen LogP contribution in [-0.2, 0) is 9.53 Å². The number of esters is 1. The number of halogens is 1. The number of rotatable bonds is 6. The zero-order valence-electron chi connectivity index (χ0n) is 18.6. The second-order valence-corrected chi connectivity index (χ2v) is 10.5. The monoisotopic (exact) mass is 526 g/mol. The van der Waals surface area contributed by atoms with Gasteiger partial charge in [-0.05, 0) is 52.7 Å². The summed E-state index contributed by atoms with van der Waals surface area (Å²) in [7, 11) is 0. The van der Waals surface area contributed by atoms with Gasteiger partial charge in [-0.25, -0.2) is 0 Å². The molecule has 0 aliphatic heterocycles. The minimum atomic E-state index is -0.516. The summed E-state index contributed by atoms with van der Waals surface area (Å²) in [5.74, 6) is -0.237. The zero-order valence-corrected chi connectivity index (χ0v) is 21.1. The fraction of sp³-hybridized carbons (Fsp3) is 0.100. The summed E-state index contributed by atoms with van der Waals surface area (Å²) in [6.07, 6.45) is -0.516. The van der Waals surface area contributed by atoms with E-state index >= 15 is 0 Å². The van der Waals surface area contributed by atoms with Crippen LogP contribution in [0.15, 0.2) is 119 Å². The molecule has 168 valence electrons. The molecule has 5 aromatic carbocycles. The summed E-state index contributed by atoms with van der Waals surface area (Å²) in [4.78, 5) is 14.4. The molecule has 0 heterocycles. The van der Waals surface area contributed by atoms with E-state index in [2.05, 4.69) is 64.5 Å². The number of ether oxygens (including phenoxy) is 1.